The van der Waals surface area contributed by atoms with E-state index < -0.39 is 17.2 Å². The van der Waals surface area contributed by atoms with Crippen LogP contribution in [0.5, 0.6) is 0 Å². The smallest absolute Gasteiger partial charge is 0.325 e. The van der Waals surface area contributed by atoms with Crippen LogP contribution in [0.1, 0.15) is 16.8 Å². The Labute approximate surface area is 129 Å². The van der Waals surface area contributed by atoms with Gasteiger partial charge in [-0.05, 0) is 37.1 Å². The van der Waals surface area contributed by atoms with Crippen LogP contribution in [0.15, 0.2) is 32.4 Å². The number of aryl methyl sites for hydroxylation is 2. The van der Waals surface area contributed by atoms with Crippen molar-refractivity contribution in [2.45, 2.75) is 20.3 Å². The van der Waals surface area contributed by atoms with Crippen LogP contribution in [0.25, 0.3) is 11.0 Å². The van der Waals surface area contributed by atoms with Gasteiger partial charge in [-0.2, -0.15) is 0 Å². The Hall–Kier alpha value is -3.16. The molecule has 23 heavy (non-hydrogen) atoms. The summed E-state index contributed by atoms with van der Waals surface area (Å²) in [5.41, 5.74) is 1.90. The first-order chi connectivity index (χ1) is 10.9. The second kappa shape index (κ2) is 5.56. The minimum atomic E-state index is -0.668. The molecule has 3 rings (SSSR count). The number of aromatic amines is 2. The lowest BCUT2D eigenvalue weighted by molar-refractivity contribution is -0.115. The molecular weight excluding hydrogens is 300 g/mol. The van der Waals surface area contributed by atoms with Gasteiger partial charge >= 0.3 is 5.69 Å². The number of H-pyrrole nitrogens is 2. The quantitative estimate of drug-likeness (QED) is 0.666. The standard InChI is InChI=1S/C15H14N4O4/c1-7-3-9-10(19-23-12(9)4-8(7)2)5-13(20)17-11-6-16-15(22)18-14(11)21/h3-4,6H,5H2,1-2H3,(H,17,20)(H2,16,18,21,22). The molecule has 0 fully saturated rings. The van der Waals surface area contributed by atoms with Crippen molar-refractivity contribution in [3.8, 4) is 0 Å². The van der Waals surface area contributed by atoms with Crippen LogP contribution in [-0.4, -0.2) is 21.0 Å². The average Bonchev–Trinajstić information content (AvgIpc) is 2.85. The highest BCUT2D eigenvalue weighted by Gasteiger charge is 2.14. The number of hydrogen-bond donors (Lipinski definition) is 3. The number of rotatable bonds is 3. The Kier molecular flexibility index (Phi) is 3.57. The van der Waals surface area contributed by atoms with Crippen molar-refractivity contribution < 1.29 is 9.32 Å². The summed E-state index contributed by atoms with van der Waals surface area (Å²) >= 11 is 0. The van der Waals surface area contributed by atoms with E-state index in [4.69, 9.17) is 4.52 Å². The summed E-state index contributed by atoms with van der Waals surface area (Å²) in [6.45, 7) is 3.93. The third kappa shape index (κ3) is 2.91. The van der Waals surface area contributed by atoms with E-state index in [1.807, 2.05) is 31.0 Å². The molecule has 0 bridgehead atoms. The van der Waals surface area contributed by atoms with Gasteiger partial charge in [0.15, 0.2) is 5.58 Å². The van der Waals surface area contributed by atoms with E-state index in [1.165, 1.54) is 0 Å². The van der Waals surface area contributed by atoms with Crippen LogP contribution in [0.2, 0.25) is 0 Å². The summed E-state index contributed by atoms with van der Waals surface area (Å²) in [6.07, 6.45) is 1.10. The normalized spacial score (nSPS) is 10.9. The lowest BCUT2D eigenvalue weighted by atomic mass is 10.1. The molecule has 2 aromatic heterocycles. The van der Waals surface area contributed by atoms with Gasteiger partial charge in [-0.25, -0.2) is 4.79 Å². The summed E-state index contributed by atoms with van der Waals surface area (Å²) in [5, 5.41) is 7.11. The highest BCUT2D eigenvalue weighted by Crippen LogP contribution is 2.23. The fraction of sp³-hybridized carbons (Fsp3) is 0.200. The number of amides is 1. The summed E-state index contributed by atoms with van der Waals surface area (Å²) in [5.74, 6) is -0.434. The number of anilines is 1. The van der Waals surface area contributed by atoms with E-state index in [9.17, 15) is 14.4 Å². The number of hydrogen-bond acceptors (Lipinski definition) is 5. The monoisotopic (exact) mass is 314 g/mol. The Morgan fingerprint density at radius 3 is 2.74 bits per heavy atom. The summed E-state index contributed by atoms with van der Waals surface area (Å²) in [6, 6.07) is 3.78. The molecule has 0 unspecified atom stereocenters. The van der Waals surface area contributed by atoms with Gasteiger partial charge in [-0.3, -0.25) is 14.6 Å². The number of nitrogens with zero attached hydrogens (tertiary/aromatic N) is 1. The van der Waals surface area contributed by atoms with Crippen LogP contribution in [0.3, 0.4) is 0 Å². The van der Waals surface area contributed by atoms with Gasteiger partial charge in [0.05, 0.1) is 6.42 Å². The predicted octanol–water partition coefficient (Wildman–Crippen LogP) is 1.00. The van der Waals surface area contributed by atoms with Crippen molar-refractivity contribution in [2.24, 2.45) is 0 Å². The van der Waals surface area contributed by atoms with Gasteiger partial charge in [0.25, 0.3) is 5.56 Å². The summed E-state index contributed by atoms with van der Waals surface area (Å²) in [7, 11) is 0. The first kappa shape index (κ1) is 14.8. The van der Waals surface area contributed by atoms with E-state index >= 15 is 0 Å². The second-order valence-corrected chi connectivity index (χ2v) is 5.27. The minimum absolute atomic E-state index is 0.0329. The molecule has 0 aliphatic rings. The van der Waals surface area contributed by atoms with Crippen molar-refractivity contribution in [3.05, 3.63) is 56.0 Å². The number of aromatic nitrogens is 3. The van der Waals surface area contributed by atoms with Crippen molar-refractivity contribution >= 4 is 22.6 Å². The zero-order valence-electron chi connectivity index (χ0n) is 12.5. The molecule has 8 heteroatoms. The van der Waals surface area contributed by atoms with Crippen LogP contribution in [0, 0.1) is 13.8 Å². The molecule has 0 aliphatic carbocycles. The first-order valence-corrected chi connectivity index (χ1v) is 6.91. The van der Waals surface area contributed by atoms with Gasteiger partial charge in [0, 0.05) is 11.6 Å². The number of nitrogens with one attached hydrogen (secondary N) is 3. The van der Waals surface area contributed by atoms with Gasteiger partial charge in [0.1, 0.15) is 11.4 Å². The Balaban J connectivity index is 1.84. The number of carbonyl (C=O) groups is 1. The van der Waals surface area contributed by atoms with E-state index in [2.05, 4.69) is 15.5 Å². The largest absolute Gasteiger partial charge is 0.356 e. The third-order valence-electron chi connectivity index (χ3n) is 3.58. The molecular formula is C15H14N4O4. The second-order valence-electron chi connectivity index (χ2n) is 5.27. The lowest BCUT2D eigenvalue weighted by Crippen LogP contribution is -2.27. The van der Waals surface area contributed by atoms with E-state index in [0.29, 0.717) is 11.3 Å². The molecule has 0 saturated heterocycles. The van der Waals surface area contributed by atoms with E-state index in [-0.39, 0.29) is 12.1 Å². The van der Waals surface area contributed by atoms with Crippen LogP contribution >= 0.6 is 0 Å². The Morgan fingerprint density at radius 1 is 1.26 bits per heavy atom. The molecule has 0 aliphatic heterocycles. The number of carbonyl (C=O) groups excluding carboxylic acids is 1. The minimum Gasteiger partial charge on any atom is -0.356 e. The molecule has 118 valence electrons. The SMILES string of the molecule is Cc1cc2onc(CC(=O)Nc3c[nH]c(=O)[nH]c3=O)c2cc1C. The fourth-order valence-corrected chi connectivity index (χ4v) is 2.22. The maximum absolute atomic E-state index is 12.1. The first-order valence-electron chi connectivity index (χ1n) is 6.91. The molecule has 3 aromatic rings. The zero-order chi connectivity index (χ0) is 16.6. The van der Waals surface area contributed by atoms with Crippen LogP contribution in [0.4, 0.5) is 5.69 Å². The molecule has 8 nitrogen and oxygen atoms in total. The van der Waals surface area contributed by atoms with Crippen LogP contribution in [-0.2, 0) is 11.2 Å². The fourth-order valence-electron chi connectivity index (χ4n) is 2.22. The Morgan fingerprint density at radius 2 is 2.00 bits per heavy atom. The van der Waals surface area contributed by atoms with Crippen molar-refractivity contribution in [3.63, 3.8) is 0 Å². The molecule has 3 N–H and O–H groups in total. The lowest BCUT2D eigenvalue weighted by Gasteiger charge is -2.02. The number of benzene rings is 1. The molecule has 1 aromatic carbocycles. The number of fused-ring (bicyclic) bond motifs is 1. The molecule has 0 saturated carbocycles. The average molecular weight is 314 g/mol. The van der Waals surface area contributed by atoms with Gasteiger partial charge < -0.3 is 14.8 Å². The van der Waals surface area contributed by atoms with E-state index in [1.54, 1.807) is 0 Å². The van der Waals surface area contributed by atoms with Crippen LogP contribution < -0.4 is 16.6 Å². The Bertz CT molecular complexity index is 1010. The molecule has 0 radical (unpaired) electrons. The topological polar surface area (TPSA) is 121 Å². The van der Waals surface area contributed by atoms with E-state index in [0.717, 1.165) is 22.7 Å². The molecule has 1 amide bonds. The van der Waals surface area contributed by atoms with Gasteiger partial charge in [-0.15, -0.1) is 0 Å². The maximum atomic E-state index is 12.1. The zero-order valence-corrected chi connectivity index (χ0v) is 12.5. The third-order valence-corrected chi connectivity index (χ3v) is 3.58. The summed E-state index contributed by atoms with van der Waals surface area (Å²) < 4.78 is 5.23. The van der Waals surface area contributed by atoms with Crippen molar-refractivity contribution in [1.29, 1.82) is 0 Å². The predicted molar refractivity (Wildman–Crippen MR) is 83.5 cm³/mol. The molecule has 0 atom stereocenters. The highest BCUT2D eigenvalue weighted by atomic mass is 16.5. The van der Waals surface area contributed by atoms with Crippen molar-refractivity contribution in [1.82, 2.24) is 15.1 Å². The maximum Gasteiger partial charge on any atom is 0.325 e. The highest BCUT2D eigenvalue weighted by molar-refractivity contribution is 5.94. The molecule has 0 spiro atoms. The summed E-state index contributed by atoms with van der Waals surface area (Å²) in [4.78, 5) is 38.9. The van der Waals surface area contributed by atoms with Crippen molar-refractivity contribution in [2.75, 3.05) is 5.32 Å². The molecule has 2 heterocycles. The van der Waals surface area contributed by atoms with Gasteiger partial charge in [-0.1, -0.05) is 5.16 Å². The van der Waals surface area contributed by atoms with Gasteiger partial charge in [0.2, 0.25) is 5.91 Å².